The van der Waals surface area contributed by atoms with Crippen molar-refractivity contribution in [3.63, 3.8) is 0 Å². The fourth-order valence-corrected chi connectivity index (χ4v) is 0.705. The number of hydrogen-bond acceptors (Lipinski definition) is 1. The lowest BCUT2D eigenvalue weighted by molar-refractivity contribution is 0.432. The molecule has 0 saturated heterocycles. The van der Waals surface area contributed by atoms with E-state index in [9.17, 15) is 0 Å². The van der Waals surface area contributed by atoms with Crippen LogP contribution in [0.25, 0.3) is 0 Å². The van der Waals surface area contributed by atoms with E-state index in [1.807, 2.05) is 0 Å². The number of rotatable bonds is 3. The molecule has 0 unspecified atom stereocenters. The molecule has 0 fully saturated rings. The molecular formula is C7H17N. The highest BCUT2D eigenvalue weighted by atomic mass is 14.6. The second-order valence-electron chi connectivity index (χ2n) is 2.46. The molecule has 2 N–H and O–H groups in total. The summed E-state index contributed by atoms with van der Waals surface area (Å²) < 4.78 is 0. The standard InChI is InChI=1S/C7H17N/c1-4-6(3)7(8)5-2/h6-7H,4-5,8H2,1-3H3/t6-,7-/m0/s1. The van der Waals surface area contributed by atoms with Crippen LogP contribution in [0, 0.1) is 5.92 Å². The molecule has 0 heterocycles. The topological polar surface area (TPSA) is 26.0 Å². The van der Waals surface area contributed by atoms with Gasteiger partial charge in [-0.3, -0.25) is 0 Å². The van der Waals surface area contributed by atoms with Crippen LogP contribution in [0.4, 0.5) is 0 Å². The normalized spacial score (nSPS) is 18.0. The highest BCUT2D eigenvalue weighted by Crippen LogP contribution is 2.06. The zero-order valence-electron chi connectivity index (χ0n) is 6.15. The maximum absolute atomic E-state index is 5.73. The Balaban J connectivity index is 3.29. The van der Waals surface area contributed by atoms with Crippen molar-refractivity contribution in [3.05, 3.63) is 0 Å². The van der Waals surface area contributed by atoms with Crippen molar-refractivity contribution in [1.29, 1.82) is 0 Å². The molecule has 0 spiro atoms. The van der Waals surface area contributed by atoms with Gasteiger partial charge in [0, 0.05) is 6.04 Å². The van der Waals surface area contributed by atoms with E-state index in [4.69, 9.17) is 5.73 Å². The second-order valence-corrected chi connectivity index (χ2v) is 2.46. The predicted octanol–water partition coefficient (Wildman–Crippen LogP) is 1.77. The molecule has 0 aliphatic heterocycles. The van der Waals surface area contributed by atoms with Crippen LogP contribution in [-0.2, 0) is 0 Å². The lowest BCUT2D eigenvalue weighted by Gasteiger charge is -2.14. The fourth-order valence-electron chi connectivity index (χ4n) is 0.705. The first-order valence-electron chi connectivity index (χ1n) is 3.47. The molecule has 0 aliphatic carbocycles. The zero-order chi connectivity index (χ0) is 6.57. The van der Waals surface area contributed by atoms with Crippen molar-refractivity contribution in [3.8, 4) is 0 Å². The first-order chi connectivity index (χ1) is 3.72. The first kappa shape index (κ1) is 7.96. The molecule has 0 amide bonds. The quantitative estimate of drug-likeness (QED) is 0.596. The Kier molecular flexibility index (Phi) is 3.88. The Labute approximate surface area is 52.3 Å². The van der Waals surface area contributed by atoms with E-state index >= 15 is 0 Å². The van der Waals surface area contributed by atoms with Crippen LogP contribution < -0.4 is 5.73 Å². The van der Waals surface area contributed by atoms with Gasteiger partial charge in [-0.15, -0.1) is 0 Å². The minimum absolute atomic E-state index is 0.417. The summed E-state index contributed by atoms with van der Waals surface area (Å²) in [5, 5.41) is 0. The second kappa shape index (κ2) is 3.90. The van der Waals surface area contributed by atoms with E-state index in [0.717, 1.165) is 6.42 Å². The summed E-state index contributed by atoms with van der Waals surface area (Å²) >= 11 is 0. The smallest absolute Gasteiger partial charge is 0.00618 e. The van der Waals surface area contributed by atoms with Crippen molar-refractivity contribution in [2.75, 3.05) is 0 Å². The van der Waals surface area contributed by atoms with Crippen molar-refractivity contribution < 1.29 is 0 Å². The number of nitrogens with two attached hydrogens (primary N) is 1. The van der Waals surface area contributed by atoms with Gasteiger partial charge in [-0.05, 0) is 12.3 Å². The number of hydrogen-bond donors (Lipinski definition) is 1. The molecule has 0 radical (unpaired) electrons. The molecule has 1 heteroatoms. The summed E-state index contributed by atoms with van der Waals surface area (Å²) in [6, 6.07) is 0.417. The monoisotopic (exact) mass is 115 g/mol. The molecule has 50 valence electrons. The summed E-state index contributed by atoms with van der Waals surface area (Å²) in [4.78, 5) is 0. The Morgan fingerprint density at radius 2 is 1.75 bits per heavy atom. The molecule has 0 aliphatic rings. The van der Waals surface area contributed by atoms with Gasteiger partial charge in [0.15, 0.2) is 0 Å². The highest BCUT2D eigenvalue weighted by Gasteiger charge is 2.05. The van der Waals surface area contributed by atoms with Gasteiger partial charge < -0.3 is 5.73 Å². The molecule has 0 bridgehead atoms. The van der Waals surface area contributed by atoms with Gasteiger partial charge >= 0.3 is 0 Å². The van der Waals surface area contributed by atoms with E-state index in [1.165, 1.54) is 6.42 Å². The van der Waals surface area contributed by atoms with Gasteiger partial charge in [0.05, 0.1) is 0 Å². The van der Waals surface area contributed by atoms with Gasteiger partial charge in [-0.2, -0.15) is 0 Å². The van der Waals surface area contributed by atoms with E-state index in [-0.39, 0.29) is 0 Å². The van der Waals surface area contributed by atoms with Crippen LogP contribution in [-0.4, -0.2) is 6.04 Å². The highest BCUT2D eigenvalue weighted by molar-refractivity contribution is 4.64. The Hall–Kier alpha value is -0.0400. The Bertz CT molecular complexity index is 44.3. The average molecular weight is 115 g/mol. The largest absolute Gasteiger partial charge is 0.327 e. The lowest BCUT2D eigenvalue weighted by atomic mass is 9.98. The van der Waals surface area contributed by atoms with Gasteiger partial charge in [-0.25, -0.2) is 0 Å². The summed E-state index contributed by atoms with van der Waals surface area (Å²) in [5.74, 6) is 0.694. The first-order valence-corrected chi connectivity index (χ1v) is 3.47. The van der Waals surface area contributed by atoms with E-state index in [1.54, 1.807) is 0 Å². The Morgan fingerprint density at radius 3 is 1.88 bits per heavy atom. The minimum Gasteiger partial charge on any atom is -0.327 e. The molecular weight excluding hydrogens is 98.1 g/mol. The van der Waals surface area contributed by atoms with E-state index in [2.05, 4.69) is 20.8 Å². The molecule has 0 saturated carbocycles. The third-order valence-electron chi connectivity index (χ3n) is 1.85. The van der Waals surface area contributed by atoms with E-state index < -0.39 is 0 Å². The average Bonchev–Trinajstić information content (AvgIpc) is 1.84. The molecule has 0 aromatic heterocycles. The van der Waals surface area contributed by atoms with Crippen LogP contribution >= 0.6 is 0 Å². The third-order valence-corrected chi connectivity index (χ3v) is 1.85. The molecule has 2 atom stereocenters. The van der Waals surface area contributed by atoms with Crippen LogP contribution in [0.5, 0.6) is 0 Å². The summed E-state index contributed by atoms with van der Waals surface area (Å²) in [6.07, 6.45) is 2.31. The van der Waals surface area contributed by atoms with Crippen molar-refractivity contribution >= 4 is 0 Å². The fraction of sp³-hybridized carbons (Fsp3) is 1.00. The predicted molar refractivity (Wildman–Crippen MR) is 37.7 cm³/mol. The van der Waals surface area contributed by atoms with E-state index in [0.29, 0.717) is 12.0 Å². The molecule has 0 aromatic rings. The van der Waals surface area contributed by atoms with Crippen LogP contribution in [0.2, 0.25) is 0 Å². The molecule has 0 aromatic carbocycles. The summed E-state index contributed by atoms with van der Waals surface area (Å²) in [5.41, 5.74) is 5.73. The van der Waals surface area contributed by atoms with Gasteiger partial charge in [0.1, 0.15) is 0 Å². The summed E-state index contributed by atoms with van der Waals surface area (Å²) in [7, 11) is 0. The summed E-state index contributed by atoms with van der Waals surface area (Å²) in [6.45, 7) is 6.52. The third kappa shape index (κ3) is 2.31. The van der Waals surface area contributed by atoms with Crippen LogP contribution in [0.1, 0.15) is 33.6 Å². The lowest BCUT2D eigenvalue weighted by Crippen LogP contribution is -2.26. The van der Waals surface area contributed by atoms with Crippen LogP contribution in [0.15, 0.2) is 0 Å². The van der Waals surface area contributed by atoms with Crippen molar-refractivity contribution in [2.24, 2.45) is 11.7 Å². The molecule has 8 heavy (non-hydrogen) atoms. The van der Waals surface area contributed by atoms with Gasteiger partial charge in [0.25, 0.3) is 0 Å². The van der Waals surface area contributed by atoms with Gasteiger partial charge in [0.2, 0.25) is 0 Å². The molecule has 0 rings (SSSR count). The van der Waals surface area contributed by atoms with Gasteiger partial charge in [-0.1, -0.05) is 27.2 Å². The minimum atomic E-state index is 0.417. The molecule has 1 nitrogen and oxygen atoms in total. The maximum atomic E-state index is 5.73. The van der Waals surface area contributed by atoms with Crippen molar-refractivity contribution in [2.45, 2.75) is 39.7 Å². The van der Waals surface area contributed by atoms with Crippen LogP contribution in [0.3, 0.4) is 0 Å². The Morgan fingerprint density at radius 1 is 1.25 bits per heavy atom. The maximum Gasteiger partial charge on any atom is 0.00618 e. The van der Waals surface area contributed by atoms with Crippen molar-refractivity contribution in [1.82, 2.24) is 0 Å². The SMILES string of the molecule is CC[C@H](C)[C@@H](N)CC. The zero-order valence-corrected chi connectivity index (χ0v) is 6.15.